The van der Waals surface area contributed by atoms with Gasteiger partial charge in [-0.1, -0.05) is 0 Å². The van der Waals surface area contributed by atoms with Crippen LogP contribution in [0.4, 0.5) is 5.69 Å². The van der Waals surface area contributed by atoms with Crippen LogP contribution >= 0.6 is 0 Å². The number of aromatic nitrogens is 1. The van der Waals surface area contributed by atoms with Crippen LogP contribution in [0.5, 0.6) is 5.75 Å². The summed E-state index contributed by atoms with van der Waals surface area (Å²) in [6, 6.07) is 3.35. The Labute approximate surface area is 97.6 Å². The van der Waals surface area contributed by atoms with Gasteiger partial charge in [0.25, 0.3) is 0 Å². The average Bonchev–Trinajstić information content (AvgIpc) is 2.87. The Kier molecular flexibility index (Phi) is 2.31. The van der Waals surface area contributed by atoms with Crippen molar-refractivity contribution in [1.82, 2.24) is 4.98 Å². The van der Waals surface area contributed by atoms with Crippen LogP contribution in [0.15, 0.2) is 21.3 Å². The highest BCUT2D eigenvalue weighted by Gasteiger charge is 2.18. The van der Waals surface area contributed by atoms with Crippen molar-refractivity contribution in [2.75, 3.05) is 5.73 Å². The van der Waals surface area contributed by atoms with Crippen molar-refractivity contribution in [1.29, 1.82) is 0 Å². The van der Waals surface area contributed by atoms with Gasteiger partial charge in [-0.25, -0.2) is 4.79 Å². The summed E-state index contributed by atoms with van der Waals surface area (Å²) in [5.74, 6) is 0.152. The van der Waals surface area contributed by atoms with Crippen molar-refractivity contribution in [2.24, 2.45) is 0 Å². The summed E-state index contributed by atoms with van der Waals surface area (Å²) in [5.41, 5.74) is 7.47. The Balaban J connectivity index is 1.97. The van der Waals surface area contributed by atoms with Crippen molar-refractivity contribution < 1.29 is 9.15 Å². The number of fused-ring (bicyclic) bond motifs is 1. The zero-order chi connectivity index (χ0) is 11.8. The molecule has 17 heavy (non-hydrogen) atoms. The van der Waals surface area contributed by atoms with E-state index in [0.717, 1.165) is 12.8 Å². The van der Waals surface area contributed by atoms with Crippen LogP contribution in [0, 0.1) is 0 Å². The lowest BCUT2D eigenvalue weighted by atomic mass is 10.2. The van der Waals surface area contributed by atoms with Crippen LogP contribution in [0.2, 0.25) is 0 Å². The molecule has 1 aromatic carbocycles. The third kappa shape index (κ3) is 1.88. The molecule has 5 heteroatoms. The maximum Gasteiger partial charge on any atom is 0.417 e. The fraction of sp³-hybridized carbons (Fsp3) is 0.417. The number of nitrogen functional groups attached to an aromatic ring is 1. The van der Waals surface area contributed by atoms with Gasteiger partial charge in [-0.15, -0.1) is 0 Å². The monoisotopic (exact) mass is 234 g/mol. The fourth-order valence-electron chi connectivity index (χ4n) is 2.28. The number of nitrogens with two attached hydrogens (primary N) is 1. The second-order valence-electron chi connectivity index (χ2n) is 4.43. The van der Waals surface area contributed by atoms with Gasteiger partial charge in [0.1, 0.15) is 5.75 Å². The molecule has 0 aliphatic heterocycles. The maximum absolute atomic E-state index is 11.1. The highest BCUT2D eigenvalue weighted by atomic mass is 16.5. The van der Waals surface area contributed by atoms with Gasteiger partial charge in [-0.3, -0.25) is 4.98 Å². The highest BCUT2D eigenvalue weighted by molar-refractivity contribution is 5.80. The van der Waals surface area contributed by atoms with E-state index >= 15 is 0 Å². The predicted octanol–water partition coefficient (Wildman–Crippen LogP) is 2.02. The molecule has 0 spiro atoms. The first-order chi connectivity index (χ1) is 8.22. The van der Waals surface area contributed by atoms with Crippen LogP contribution in [0.1, 0.15) is 25.7 Å². The molecule has 1 aliphatic carbocycles. The first-order valence-electron chi connectivity index (χ1n) is 5.81. The van der Waals surface area contributed by atoms with Gasteiger partial charge >= 0.3 is 5.76 Å². The molecule has 0 bridgehead atoms. The van der Waals surface area contributed by atoms with Crippen molar-refractivity contribution in [3.05, 3.63) is 22.7 Å². The molecule has 3 N–H and O–H groups in total. The van der Waals surface area contributed by atoms with Crippen LogP contribution < -0.4 is 16.2 Å². The Hall–Kier alpha value is -1.91. The summed E-state index contributed by atoms with van der Waals surface area (Å²) >= 11 is 0. The maximum atomic E-state index is 11.1. The molecule has 2 aromatic rings. The van der Waals surface area contributed by atoms with Crippen LogP contribution in [0.3, 0.4) is 0 Å². The number of rotatable bonds is 2. The van der Waals surface area contributed by atoms with Crippen molar-refractivity contribution in [3.63, 3.8) is 0 Å². The summed E-state index contributed by atoms with van der Waals surface area (Å²) in [6.45, 7) is 0. The molecule has 1 saturated carbocycles. The summed E-state index contributed by atoms with van der Waals surface area (Å²) in [6.07, 6.45) is 4.79. The van der Waals surface area contributed by atoms with E-state index in [0.29, 0.717) is 22.5 Å². The van der Waals surface area contributed by atoms with Crippen LogP contribution in [-0.4, -0.2) is 11.1 Å². The Bertz CT molecular complexity index is 593. The van der Waals surface area contributed by atoms with Gasteiger partial charge < -0.3 is 14.9 Å². The number of benzene rings is 1. The summed E-state index contributed by atoms with van der Waals surface area (Å²) in [7, 11) is 0. The summed E-state index contributed by atoms with van der Waals surface area (Å²) in [5, 5.41) is 0. The Morgan fingerprint density at radius 2 is 2.12 bits per heavy atom. The SMILES string of the molecule is Nc1cc2oc(=O)[nH]c2cc1OC1CCCC1. The zero-order valence-corrected chi connectivity index (χ0v) is 9.36. The molecular weight excluding hydrogens is 220 g/mol. The van der Waals surface area contributed by atoms with Crippen LogP contribution in [0.25, 0.3) is 11.1 Å². The molecule has 0 amide bonds. The molecule has 1 aromatic heterocycles. The number of aromatic amines is 1. The lowest BCUT2D eigenvalue weighted by molar-refractivity contribution is 0.211. The van der Waals surface area contributed by atoms with Gasteiger partial charge in [0.15, 0.2) is 5.58 Å². The highest BCUT2D eigenvalue weighted by Crippen LogP contribution is 2.30. The molecule has 0 saturated heterocycles. The number of nitrogens with one attached hydrogen (secondary N) is 1. The first kappa shape index (κ1) is 10.3. The molecule has 1 heterocycles. The van der Waals surface area contributed by atoms with E-state index in [9.17, 15) is 4.79 Å². The van der Waals surface area contributed by atoms with Gasteiger partial charge in [0.05, 0.1) is 17.3 Å². The average molecular weight is 234 g/mol. The molecule has 3 rings (SSSR count). The number of H-pyrrole nitrogens is 1. The third-order valence-electron chi connectivity index (χ3n) is 3.15. The van der Waals surface area contributed by atoms with Crippen molar-refractivity contribution in [2.45, 2.75) is 31.8 Å². The first-order valence-corrected chi connectivity index (χ1v) is 5.81. The Morgan fingerprint density at radius 3 is 2.88 bits per heavy atom. The van der Waals surface area contributed by atoms with E-state index in [2.05, 4.69) is 4.98 Å². The molecule has 1 fully saturated rings. The normalized spacial score (nSPS) is 16.7. The minimum Gasteiger partial charge on any atom is -0.488 e. The minimum absolute atomic E-state index is 0.244. The zero-order valence-electron chi connectivity index (χ0n) is 9.36. The quantitative estimate of drug-likeness (QED) is 0.779. The van der Waals surface area contributed by atoms with E-state index in [-0.39, 0.29) is 6.10 Å². The largest absolute Gasteiger partial charge is 0.488 e. The molecular formula is C12H14N2O3. The third-order valence-corrected chi connectivity index (χ3v) is 3.15. The second kappa shape index (κ2) is 3.84. The van der Waals surface area contributed by atoms with Gasteiger partial charge in [-0.05, 0) is 25.7 Å². The van der Waals surface area contributed by atoms with Crippen LogP contribution in [-0.2, 0) is 0 Å². The van der Waals surface area contributed by atoms with Gasteiger partial charge in [0, 0.05) is 12.1 Å². The lowest BCUT2D eigenvalue weighted by Gasteiger charge is -2.14. The van der Waals surface area contributed by atoms with Crippen molar-refractivity contribution in [3.8, 4) is 5.75 Å². The van der Waals surface area contributed by atoms with Gasteiger partial charge in [0.2, 0.25) is 0 Å². The molecule has 0 radical (unpaired) electrons. The number of anilines is 1. The van der Waals surface area contributed by atoms with E-state index < -0.39 is 5.76 Å². The van der Waals surface area contributed by atoms with E-state index in [1.807, 2.05) is 0 Å². The molecule has 90 valence electrons. The summed E-state index contributed by atoms with van der Waals surface area (Å²) in [4.78, 5) is 13.6. The Morgan fingerprint density at radius 1 is 1.35 bits per heavy atom. The van der Waals surface area contributed by atoms with E-state index in [1.165, 1.54) is 12.8 Å². The van der Waals surface area contributed by atoms with E-state index in [1.54, 1.807) is 12.1 Å². The molecule has 0 unspecified atom stereocenters. The van der Waals surface area contributed by atoms with E-state index in [4.69, 9.17) is 14.9 Å². The second-order valence-corrected chi connectivity index (χ2v) is 4.43. The minimum atomic E-state index is -0.475. The number of oxazole rings is 1. The number of hydrogen-bond acceptors (Lipinski definition) is 4. The number of hydrogen-bond donors (Lipinski definition) is 2. The molecule has 0 atom stereocenters. The molecule has 1 aliphatic rings. The number of ether oxygens (including phenoxy) is 1. The standard InChI is InChI=1S/C12H14N2O3/c13-8-5-11-9(14-12(15)17-11)6-10(8)16-7-3-1-2-4-7/h5-7H,1-4,13H2,(H,14,15). The predicted molar refractivity (Wildman–Crippen MR) is 64.1 cm³/mol. The van der Waals surface area contributed by atoms with Gasteiger partial charge in [-0.2, -0.15) is 0 Å². The molecule has 5 nitrogen and oxygen atoms in total. The topological polar surface area (TPSA) is 81.2 Å². The fourth-order valence-corrected chi connectivity index (χ4v) is 2.28. The smallest absolute Gasteiger partial charge is 0.417 e. The van der Waals surface area contributed by atoms with Crippen molar-refractivity contribution >= 4 is 16.8 Å². The lowest BCUT2D eigenvalue weighted by Crippen LogP contribution is -2.12. The summed E-state index contributed by atoms with van der Waals surface area (Å²) < 4.78 is 10.8.